The molecule has 0 aliphatic heterocycles. The number of nitrogens with one attached hydrogen (secondary N) is 1. The number of aliphatic carboxylic acids is 1. The third kappa shape index (κ3) is 3.59. The topological polar surface area (TPSA) is 92.7 Å². The maximum absolute atomic E-state index is 12.0. The smallest absolute Gasteiger partial charge is 0.407 e. The van der Waals surface area contributed by atoms with Crippen molar-refractivity contribution in [3.05, 3.63) is 59.7 Å². The predicted molar refractivity (Wildman–Crippen MR) is 94.9 cm³/mol. The quantitative estimate of drug-likeness (QED) is 0.833. The Hall–Kier alpha value is -3.15. The summed E-state index contributed by atoms with van der Waals surface area (Å²) in [7, 11) is 0. The maximum Gasteiger partial charge on any atom is 0.407 e. The highest BCUT2D eigenvalue weighted by Crippen LogP contribution is 2.44. The number of carbonyl (C=O) groups excluding carboxylic acids is 2. The van der Waals surface area contributed by atoms with Crippen molar-refractivity contribution < 1.29 is 24.2 Å². The Balaban J connectivity index is 1.71. The lowest BCUT2D eigenvalue weighted by Gasteiger charge is -2.16. The van der Waals surface area contributed by atoms with Gasteiger partial charge in [-0.25, -0.2) is 9.59 Å². The molecular weight excluding hydrogens is 334 g/mol. The normalized spacial score (nSPS) is 13.4. The van der Waals surface area contributed by atoms with E-state index in [1.54, 1.807) is 0 Å². The second-order valence-corrected chi connectivity index (χ2v) is 6.27. The van der Waals surface area contributed by atoms with Crippen LogP contribution in [0.1, 0.15) is 30.4 Å². The van der Waals surface area contributed by atoms with Gasteiger partial charge in [-0.15, -0.1) is 0 Å². The van der Waals surface area contributed by atoms with Crippen LogP contribution in [0.2, 0.25) is 0 Å². The molecule has 0 bridgehead atoms. The molecule has 0 spiro atoms. The first-order chi connectivity index (χ1) is 12.5. The number of amides is 1. The van der Waals surface area contributed by atoms with Gasteiger partial charge in [0.1, 0.15) is 18.4 Å². The first-order valence-corrected chi connectivity index (χ1v) is 8.31. The van der Waals surface area contributed by atoms with Gasteiger partial charge in [-0.2, -0.15) is 0 Å². The fourth-order valence-electron chi connectivity index (χ4n) is 3.27. The maximum atomic E-state index is 12.0. The summed E-state index contributed by atoms with van der Waals surface area (Å²) in [5, 5.41) is 11.3. The van der Waals surface area contributed by atoms with Crippen LogP contribution in [0.3, 0.4) is 0 Å². The first-order valence-electron chi connectivity index (χ1n) is 8.31. The molecular formula is C20H19NO5. The SMILES string of the molecule is CC(=O)C[C@@H](NC(=O)OCC1c2ccccc2-c2ccccc21)C(=O)O. The number of fused-ring (bicyclic) bond motifs is 3. The van der Waals surface area contributed by atoms with Crippen molar-refractivity contribution in [2.45, 2.75) is 25.3 Å². The van der Waals surface area contributed by atoms with Gasteiger partial charge in [0.25, 0.3) is 0 Å². The van der Waals surface area contributed by atoms with Crippen LogP contribution < -0.4 is 5.32 Å². The van der Waals surface area contributed by atoms with Crippen LogP contribution in [-0.2, 0) is 14.3 Å². The van der Waals surface area contributed by atoms with E-state index < -0.39 is 18.1 Å². The van der Waals surface area contributed by atoms with Crippen molar-refractivity contribution in [3.63, 3.8) is 0 Å². The fraction of sp³-hybridized carbons (Fsp3) is 0.250. The molecule has 0 saturated carbocycles. The minimum absolute atomic E-state index is 0.0896. The third-order valence-electron chi connectivity index (χ3n) is 4.43. The highest BCUT2D eigenvalue weighted by atomic mass is 16.5. The zero-order chi connectivity index (χ0) is 18.7. The molecule has 1 aliphatic rings. The predicted octanol–water partition coefficient (Wildman–Crippen LogP) is 2.96. The van der Waals surface area contributed by atoms with Gasteiger partial charge < -0.3 is 15.2 Å². The van der Waals surface area contributed by atoms with Crippen LogP contribution in [0.25, 0.3) is 11.1 Å². The summed E-state index contributed by atoms with van der Waals surface area (Å²) >= 11 is 0. The Morgan fingerprint density at radius 3 is 2.08 bits per heavy atom. The molecule has 0 unspecified atom stereocenters. The summed E-state index contributed by atoms with van der Waals surface area (Å²) < 4.78 is 5.28. The number of benzene rings is 2. The van der Waals surface area contributed by atoms with Gasteiger partial charge in [0.2, 0.25) is 0 Å². The van der Waals surface area contributed by atoms with Crippen molar-refractivity contribution in [2.24, 2.45) is 0 Å². The first kappa shape index (κ1) is 17.7. The molecule has 0 radical (unpaired) electrons. The molecule has 1 atom stereocenters. The number of carbonyl (C=O) groups is 3. The molecule has 0 fully saturated rings. The lowest BCUT2D eigenvalue weighted by atomic mass is 9.98. The van der Waals surface area contributed by atoms with Crippen LogP contribution in [0.15, 0.2) is 48.5 Å². The minimum atomic E-state index is -1.29. The number of ether oxygens (including phenoxy) is 1. The number of ketones is 1. The molecule has 0 heterocycles. The second-order valence-electron chi connectivity index (χ2n) is 6.27. The molecule has 0 aromatic heterocycles. The molecule has 2 aromatic carbocycles. The molecule has 2 N–H and O–H groups in total. The van der Waals surface area contributed by atoms with Gasteiger partial charge in [0.15, 0.2) is 0 Å². The number of hydrogen-bond acceptors (Lipinski definition) is 4. The summed E-state index contributed by atoms with van der Waals surface area (Å²) in [6, 6.07) is 14.6. The number of hydrogen-bond donors (Lipinski definition) is 2. The number of carboxylic acid groups (broad SMARTS) is 1. The number of alkyl carbamates (subject to hydrolysis) is 1. The lowest BCUT2D eigenvalue weighted by molar-refractivity contribution is -0.141. The van der Waals surface area contributed by atoms with E-state index in [0.717, 1.165) is 22.3 Å². The molecule has 0 saturated heterocycles. The number of carboxylic acids is 1. The Kier molecular flexibility index (Phi) is 5.02. The van der Waals surface area contributed by atoms with Crippen LogP contribution in [0.5, 0.6) is 0 Å². The monoisotopic (exact) mass is 353 g/mol. The van der Waals surface area contributed by atoms with E-state index in [0.29, 0.717) is 0 Å². The van der Waals surface area contributed by atoms with Crippen molar-refractivity contribution in [2.75, 3.05) is 6.61 Å². The van der Waals surface area contributed by atoms with E-state index in [2.05, 4.69) is 5.32 Å². The van der Waals surface area contributed by atoms with Crippen molar-refractivity contribution in [1.82, 2.24) is 5.32 Å². The Morgan fingerprint density at radius 1 is 1.04 bits per heavy atom. The summed E-state index contributed by atoms with van der Waals surface area (Å²) in [5.74, 6) is -1.70. The van der Waals surface area contributed by atoms with Crippen LogP contribution in [0, 0.1) is 0 Å². The van der Waals surface area contributed by atoms with Gasteiger partial charge in [-0.05, 0) is 29.2 Å². The largest absolute Gasteiger partial charge is 0.480 e. The Labute approximate surface area is 150 Å². The molecule has 3 rings (SSSR count). The van der Waals surface area contributed by atoms with E-state index in [9.17, 15) is 14.4 Å². The number of rotatable bonds is 6. The van der Waals surface area contributed by atoms with Crippen LogP contribution >= 0.6 is 0 Å². The van der Waals surface area contributed by atoms with Gasteiger partial charge >= 0.3 is 12.1 Å². The summed E-state index contributed by atoms with van der Waals surface area (Å²) in [6.07, 6.45) is -1.12. The average Bonchev–Trinajstić information content (AvgIpc) is 2.93. The van der Waals surface area contributed by atoms with Gasteiger partial charge in [0, 0.05) is 12.3 Å². The van der Waals surface area contributed by atoms with Crippen molar-refractivity contribution in [3.8, 4) is 11.1 Å². The highest BCUT2D eigenvalue weighted by Gasteiger charge is 2.29. The van der Waals surface area contributed by atoms with Crippen molar-refractivity contribution >= 4 is 17.8 Å². The molecule has 134 valence electrons. The molecule has 6 nitrogen and oxygen atoms in total. The highest BCUT2D eigenvalue weighted by molar-refractivity contribution is 5.87. The number of Topliss-reactive ketones (excluding diaryl/α,β-unsaturated/α-hetero) is 1. The lowest BCUT2D eigenvalue weighted by Crippen LogP contribution is -2.42. The van der Waals surface area contributed by atoms with E-state index >= 15 is 0 Å². The molecule has 1 aliphatic carbocycles. The van der Waals surface area contributed by atoms with Crippen LogP contribution in [0.4, 0.5) is 4.79 Å². The average molecular weight is 353 g/mol. The zero-order valence-corrected chi connectivity index (χ0v) is 14.3. The third-order valence-corrected chi connectivity index (χ3v) is 4.43. The molecule has 2 aromatic rings. The van der Waals surface area contributed by atoms with E-state index in [1.807, 2.05) is 48.5 Å². The Morgan fingerprint density at radius 2 is 1.58 bits per heavy atom. The second kappa shape index (κ2) is 7.39. The van der Waals surface area contributed by atoms with Gasteiger partial charge in [-0.3, -0.25) is 4.79 Å². The van der Waals surface area contributed by atoms with Gasteiger partial charge in [-0.1, -0.05) is 48.5 Å². The van der Waals surface area contributed by atoms with Crippen LogP contribution in [-0.4, -0.2) is 35.6 Å². The van der Waals surface area contributed by atoms with E-state index in [-0.39, 0.29) is 24.7 Å². The van der Waals surface area contributed by atoms with Crippen molar-refractivity contribution in [1.29, 1.82) is 0 Å². The summed E-state index contributed by atoms with van der Waals surface area (Å²) in [4.78, 5) is 34.3. The van der Waals surface area contributed by atoms with E-state index in [4.69, 9.17) is 9.84 Å². The minimum Gasteiger partial charge on any atom is -0.480 e. The molecule has 26 heavy (non-hydrogen) atoms. The van der Waals surface area contributed by atoms with Gasteiger partial charge in [0.05, 0.1) is 0 Å². The molecule has 6 heteroatoms. The summed E-state index contributed by atoms with van der Waals surface area (Å²) in [6.45, 7) is 1.36. The standard InChI is InChI=1S/C20H19NO5/c1-12(22)10-18(19(23)24)21-20(25)26-11-17-15-8-4-2-6-13(15)14-7-3-5-9-16(14)17/h2-9,17-18H,10-11H2,1H3,(H,21,25)(H,23,24)/t18-/m1/s1. The fourth-order valence-corrected chi connectivity index (χ4v) is 3.27. The Bertz CT molecular complexity index is 815. The molecule has 1 amide bonds. The van der Waals surface area contributed by atoms with E-state index in [1.165, 1.54) is 6.92 Å². The zero-order valence-electron chi connectivity index (χ0n) is 14.3. The summed E-state index contributed by atoms with van der Waals surface area (Å²) in [5.41, 5.74) is 4.36.